The van der Waals surface area contributed by atoms with Gasteiger partial charge in [-0.1, -0.05) is 11.6 Å². The van der Waals surface area contributed by atoms with Crippen molar-refractivity contribution in [3.63, 3.8) is 0 Å². The van der Waals surface area contributed by atoms with Gasteiger partial charge in [-0.05, 0) is 54.4 Å². The molecule has 0 radical (unpaired) electrons. The van der Waals surface area contributed by atoms with E-state index >= 15 is 0 Å². The second-order valence-electron chi connectivity index (χ2n) is 6.17. The van der Waals surface area contributed by atoms with Crippen LogP contribution in [0.3, 0.4) is 0 Å². The number of sulfonamides is 1. The van der Waals surface area contributed by atoms with Gasteiger partial charge in [0.1, 0.15) is 5.75 Å². The average Bonchev–Trinajstić information content (AvgIpc) is 3.11. The predicted molar refractivity (Wildman–Crippen MR) is 97.8 cm³/mol. The minimum atomic E-state index is -3.57. The summed E-state index contributed by atoms with van der Waals surface area (Å²) in [5.41, 5.74) is 3.27. The maximum atomic E-state index is 12.6. The number of hydrogen-bond donors (Lipinski definition) is 2. The Bertz CT molecular complexity index is 1040. The summed E-state index contributed by atoms with van der Waals surface area (Å²) >= 11 is 5.83. The van der Waals surface area contributed by atoms with Crippen molar-refractivity contribution in [3.8, 4) is 5.75 Å². The van der Waals surface area contributed by atoms with Crippen LogP contribution in [-0.4, -0.2) is 26.6 Å². The van der Waals surface area contributed by atoms with Crippen molar-refractivity contribution in [1.82, 2.24) is 9.71 Å². The number of rotatable bonds is 4. The number of methoxy groups -OCH3 is 1. The van der Waals surface area contributed by atoms with E-state index < -0.39 is 10.0 Å². The van der Waals surface area contributed by atoms with Crippen LogP contribution in [0, 0.1) is 0 Å². The number of aromatic nitrogens is 1. The lowest BCUT2D eigenvalue weighted by Gasteiger charge is -2.13. The van der Waals surface area contributed by atoms with E-state index in [9.17, 15) is 8.42 Å². The van der Waals surface area contributed by atoms with Gasteiger partial charge in [0.25, 0.3) is 0 Å². The monoisotopic (exact) mass is 376 g/mol. The van der Waals surface area contributed by atoms with Crippen molar-refractivity contribution < 1.29 is 13.2 Å². The Balaban J connectivity index is 1.58. The first-order valence-corrected chi connectivity index (χ1v) is 9.78. The Morgan fingerprint density at radius 2 is 1.92 bits per heavy atom. The van der Waals surface area contributed by atoms with Crippen molar-refractivity contribution in [2.45, 2.75) is 23.8 Å². The lowest BCUT2D eigenvalue weighted by atomic mass is 10.1. The first-order chi connectivity index (χ1) is 12.0. The molecule has 4 rings (SSSR count). The molecule has 2 aromatic carbocycles. The van der Waals surface area contributed by atoms with E-state index in [2.05, 4.69) is 9.71 Å². The number of halogens is 1. The Labute approximate surface area is 151 Å². The highest BCUT2D eigenvalue weighted by molar-refractivity contribution is 7.89. The summed E-state index contributed by atoms with van der Waals surface area (Å²) in [6.45, 7) is 0. The van der Waals surface area contributed by atoms with E-state index in [-0.39, 0.29) is 10.9 Å². The summed E-state index contributed by atoms with van der Waals surface area (Å²) in [4.78, 5) is 3.60. The lowest BCUT2D eigenvalue weighted by molar-refractivity contribution is 0.415. The first-order valence-electron chi connectivity index (χ1n) is 7.91. The maximum absolute atomic E-state index is 12.6. The predicted octanol–water partition coefficient (Wildman–Crippen LogP) is 3.28. The van der Waals surface area contributed by atoms with Gasteiger partial charge in [0.15, 0.2) is 0 Å². The molecular weight excluding hydrogens is 360 g/mol. The molecule has 2 N–H and O–H groups in total. The zero-order valence-corrected chi connectivity index (χ0v) is 15.1. The van der Waals surface area contributed by atoms with Gasteiger partial charge in [-0.2, -0.15) is 0 Å². The van der Waals surface area contributed by atoms with Crippen LogP contribution in [-0.2, 0) is 22.9 Å². The molecule has 0 spiro atoms. The molecule has 1 aromatic heterocycles. The number of hydrogen-bond acceptors (Lipinski definition) is 3. The van der Waals surface area contributed by atoms with Crippen LogP contribution >= 0.6 is 11.6 Å². The fraction of sp³-hybridized carbons (Fsp3) is 0.222. The average molecular weight is 377 g/mol. The summed E-state index contributed by atoms with van der Waals surface area (Å²) < 4.78 is 33.2. The third-order valence-electron chi connectivity index (χ3n) is 4.55. The Morgan fingerprint density at radius 1 is 1.16 bits per heavy atom. The maximum Gasteiger partial charge on any atom is 0.240 e. The number of fused-ring (bicyclic) bond motifs is 3. The molecule has 3 aromatic rings. The lowest BCUT2D eigenvalue weighted by Crippen LogP contribution is -2.35. The van der Waals surface area contributed by atoms with Crippen LogP contribution in [0.25, 0.3) is 10.9 Å². The highest BCUT2D eigenvalue weighted by atomic mass is 35.5. The standard InChI is InChI=1S/C18H17ClN2O3S/c1-24-13-4-7-17-16(10-13)15-8-12(9-18(15)20-17)21-25(22,23)14-5-2-11(19)3-6-14/h2-7,10,12,20-21H,8-9H2,1H3. The molecule has 1 unspecified atom stereocenters. The number of H-pyrrole nitrogens is 1. The van der Waals surface area contributed by atoms with Crippen molar-refractivity contribution in [2.75, 3.05) is 7.11 Å². The molecule has 0 bridgehead atoms. The normalized spacial score (nSPS) is 17.0. The third kappa shape index (κ3) is 3.01. The molecule has 1 aliphatic carbocycles. The van der Waals surface area contributed by atoms with Crippen LogP contribution in [0.5, 0.6) is 5.75 Å². The van der Waals surface area contributed by atoms with Crippen molar-refractivity contribution in [1.29, 1.82) is 0 Å². The second-order valence-corrected chi connectivity index (χ2v) is 8.32. The van der Waals surface area contributed by atoms with Gasteiger partial charge in [0.2, 0.25) is 10.0 Å². The molecule has 0 amide bonds. The van der Waals surface area contributed by atoms with E-state index in [1.165, 1.54) is 12.1 Å². The van der Waals surface area contributed by atoms with Crippen molar-refractivity contribution in [3.05, 3.63) is 58.7 Å². The minimum Gasteiger partial charge on any atom is -0.497 e. The number of nitrogens with one attached hydrogen (secondary N) is 2. The quantitative estimate of drug-likeness (QED) is 0.734. The molecule has 1 atom stereocenters. The Morgan fingerprint density at radius 3 is 2.64 bits per heavy atom. The Hall–Kier alpha value is -2.02. The van der Waals surface area contributed by atoms with Gasteiger partial charge < -0.3 is 9.72 Å². The number of benzene rings is 2. The molecule has 0 fully saturated rings. The minimum absolute atomic E-state index is 0.169. The fourth-order valence-electron chi connectivity index (χ4n) is 3.37. The van der Waals surface area contributed by atoms with E-state index in [1.807, 2.05) is 18.2 Å². The van der Waals surface area contributed by atoms with Crippen molar-refractivity contribution >= 4 is 32.5 Å². The smallest absolute Gasteiger partial charge is 0.240 e. The largest absolute Gasteiger partial charge is 0.497 e. The molecule has 0 saturated heterocycles. The van der Waals surface area contributed by atoms with E-state index in [1.54, 1.807) is 19.2 Å². The molecule has 7 heteroatoms. The van der Waals surface area contributed by atoms with Crippen molar-refractivity contribution in [2.24, 2.45) is 0 Å². The van der Waals surface area contributed by atoms with Crippen LogP contribution < -0.4 is 9.46 Å². The summed E-state index contributed by atoms with van der Waals surface area (Å²) in [5.74, 6) is 0.791. The Kier molecular flexibility index (Phi) is 3.98. The summed E-state index contributed by atoms with van der Waals surface area (Å²) in [7, 11) is -1.93. The fourth-order valence-corrected chi connectivity index (χ4v) is 4.73. The van der Waals surface area contributed by atoms with E-state index in [4.69, 9.17) is 16.3 Å². The topological polar surface area (TPSA) is 71.2 Å². The SMILES string of the molecule is COc1ccc2[nH]c3c(c2c1)CC(NS(=O)(=O)c1ccc(Cl)cc1)C3. The molecular formula is C18H17ClN2O3S. The number of aromatic amines is 1. The third-order valence-corrected chi connectivity index (χ3v) is 6.34. The molecule has 1 aliphatic rings. The van der Waals surface area contributed by atoms with Gasteiger partial charge in [0, 0.05) is 34.1 Å². The summed E-state index contributed by atoms with van der Waals surface area (Å²) in [5, 5.41) is 1.60. The van der Waals surface area contributed by atoms with Gasteiger partial charge >= 0.3 is 0 Å². The van der Waals surface area contributed by atoms with Crippen LogP contribution in [0.1, 0.15) is 11.3 Å². The highest BCUT2D eigenvalue weighted by Gasteiger charge is 2.29. The summed E-state index contributed by atoms with van der Waals surface area (Å²) in [6, 6.07) is 11.9. The zero-order valence-electron chi connectivity index (χ0n) is 13.5. The van der Waals surface area contributed by atoms with Crippen LogP contribution in [0.15, 0.2) is 47.4 Å². The van der Waals surface area contributed by atoms with Gasteiger partial charge in [-0.3, -0.25) is 0 Å². The molecule has 1 heterocycles. The second kappa shape index (κ2) is 6.05. The molecule has 0 saturated carbocycles. The molecule has 5 nitrogen and oxygen atoms in total. The van der Waals surface area contributed by atoms with Crippen LogP contribution in [0.2, 0.25) is 5.02 Å². The van der Waals surface area contributed by atoms with E-state index in [0.29, 0.717) is 17.9 Å². The molecule has 130 valence electrons. The summed E-state index contributed by atoms with van der Waals surface area (Å²) in [6.07, 6.45) is 1.29. The zero-order chi connectivity index (χ0) is 17.6. The number of ether oxygens (including phenoxy) is 1. The molecule has 25 heavy (non-hydrogen) atoms. The highest BCUT2D eigenvalue weighted by Crippen LogP contribution is 2.32. The van der Waals surface area contributed by atoms with Gasteiger partial charge in [-0.15, -0.1) is 0 Å². The first kappa shape index (κ1) is 16.4. The van der Waals surface area contributed by atoms with Crippen LogP contribution in [0.4, 0.5) is 0 Å². The van der Waals surface area contributed by atoms with Gasteiger partial charge in [0.05, 0.1) is 12.0 Å². The van der Waals surface area contributed by atoms with E-state index in [0.717, 1.165) is 27.9 Å². The van der Waals surface area contributed by atoms with Gasteiger partial charge in [-0.25, -0.2) is 13.1 Å². The molecule has 0 aliphatic heterocycles.